The molecule has 3 fully saturated rings. The first-order chi connectivity index (χ1) is 17.2. The largest absolute Gasteiger partial charge is 0.489 e. The predicted molar refractivity (Wildman–Crippen MR) is 138 cm³/mol. The van der Waals surface area contributed by atoms with Gasteiger partial charge in [-0.3, -0.25) is 9.69 Å². The fourth-order valence-corrected chi connectivity index (χ4v) is 6.58. The highest BCUT2D eigenvalue weighted by Gasteiger charge is 2.28. The van der Waals surface area contributed by atoms with Gasteiger partial charge in [-0.1, -0.05) is 0 Å². The summed E-state index contributed by atoms with van der Waals surface area (Å²) in [4.78, 5) is 22.2. The van der Waals surface area contributed by atoms with E-state index in [-0.39, 0.29) is 5.91 Å². The first kappa shape index (κ1) is 24.8. The van der Waals surface area contributed by atoms with E-state index < -0.39 is 0 Å². The van der Waals surface area contributed by atoms with E-state index in [1.165, 1.54) is 31.4 Å². The molecule has 35 heavy (non-hydrogen) atoms. The Morgan fingerprint density at radius 3 is 2.54 bits per heavy atom. The second-order valence-corrected chi connectivity index (χ2v) is 11.2. The van der Waals surface area contributed by atoms with Crippen molar-refractivity contribution >= 4 is 11.7 Å². The number of methoxy groups -OCH3 is 1. The monoisotopic (exact) mass is 484 g/mol. The number of anilines is 1. The molecule has 2 saturated carbocycles. The number of pyridine rings is 1. The molecule has 0 bridgehead atoms. The Balaban J connectivity index is 0.963. The maximum atomic E-state index is 12.6. The van der Waals surface area contributed by atoms with Gasteiger partial charge in [0.05, 0.1) is 12.7 Å². The van der Waals surface area contributed by atoms with Gasteiger partial charge in [-0.05, 0) is 82.2 Å². The van der Waals surface area contributed by atoms with E-state index in [0.29, 0.717) is 24.5 Å². The Kier molecular flexibility index (Phi) is 8.45. The van der Waals surface area contributed by atoms with Crippen molar-refractivity contribution in [3.8, 4) is 5.75 Å². The quantitative estimate of drug-likeness (QED) is 0.606. The summed E-state index contributed by atoms with van der Waals surface area (Å²) in [5.74, 6) is 3.68. The summed E-state index contributed by atoms with van der Waals surface area (Å²) in [6, 6.07) is 2.48. The minimum Gasteiger partial charge on any atom is -0.489 e. The predicted octanol–water partition coefficient (Wildman–Crippen LogP) is 3.80. The van der Waals surface area contributed by atoms with E-state index in [9.17, 15) is 4.79 Å². The lowest BCUT2D eigenvalue weighted by Crippen LogP contribution is -2.47. The number of aromatic nitrogens is 1. The maximum Gasteiger partial charge on any atom is 0.220 e. The van der Waals surface area contributed by atoms with E-state index in [4.69, 9.17) is 9.47 Å². The fraction of sp³-hybridized carbons (Fsp3) is 0.786. The fourth-order valence-electron chi connectivity index (χ4n) is 6.58. The van der Waals surface area contributed by atoms with Crippen LogP contribution in [0.15, 0.2) is 12.3 Å². The molecule has 1 amide bonds. The van der Waals surface area contributed by atoms with Crippen molar-refractivity contribution < 1.29 is 14.3 Å². The molecule has 0 aromatic carbocycles. The molecule has 1 aromatic heterocycles. The van der Waals surface area contributed by atoms with Crippen LogP contribution >= 0.6 is 0 Å². The van der Waals surface area contributed by atoms with E-state index in [0.717, 1.165) is 95.2 Å². The number of carbonyl (C=O) groups excluding carboxylic acids is 1. The summed E-state index contributed by atoms with van der Waals surface area (Å²) in [5, 5.41) is 3.35. The van der Waals surface area contributed by atoms with Crippen LogP contribution < -0.4 is 15.0 Å². The maximum absolute atomic E-state index is 12.6. The molecule has 7 nitrogen and oxygen atoms in total. The Hall–Kier alpha value is -1.86. The standard InChI is InChI=1S/C28H44N4O3/c1-34-25-8-4-22(5-9-25)20-26(33)30-24-6-2-21(3-7-24)11-14-31-15-17-32(18-16-31)28-27-23(10-13-29-28)12-19-35-27/h10,13,21-22,24-25H,2-9,11-12,14-20H2,1H3,(H,30,33)/t21-,22-,24-,25-. The highest BCUT2D eigenvalue weighted by molar-refractivity contribution is 5.76. The molecule has 0 radical (unpaired) electrons. The van der Waals surface area contributed by atoms with Gasteiger partial charge in [0.2, 0.25) is 5.91 Å². The molecule has 1 saturated heterocycles. The second-order valence-electron chi connectivity index (χ2n) is 11.2. The van der Waals surface area contributed by atoms with Crippen LogP contribution in [-0.4, -0.2) is 74.4 Å². The third-order valence-corrected chi connectivity index (χ3v) is 8.92. The van der Waals surface area contributed by atoms with Crippen molar-refractivity contribution in [2.75, 3.05) is 51.3 Å². The van der Waals surface area contributed by atoms with Gasteiger partial charge in [0.15, 0.2) is 11.6 Å². The van der Waals surface area contributed by atoms with Crippen molar-refractivity contribution in [3.63, 3.8) is 0 Å². The molecule has 1 N–H and O–H groups in total. The number of amides is 1. The second kappa shape index (κ2) is 11.9. The lowest BCUT2D eigenvalue weighted by molar-refractivity contribution is -0.123. The van der Waals surface area contributed by atoms with E-state index in [2.05, 4.69) is 26.2 Å². The van der Waals surface area contributed by atoms with Crippen LogP contribution in [0.4, 0.5) is 5.82 Å². The zero-order valence-electron chi connectivity index (χ0n) is 21.6. The number of hydrogen-bond donors (Lipinski definition) is 1. The summed E-state index contributed by atoms with van der Waals surface area (Å²) < 4.78 is 11.3. The summed E-state index contributed by atoms with van der Waals surface area (Å²) in [5.41, 5.74) is 1.30. The molecule has 3 heterocycles. The molecule has 4 aliphatic rings. The molecular formula is C28H44N4O3. The number of piperazine rings is 1. The average Bonchev–Trinajstić information content (AvgIpc) is 3.38. The van der Waals surface area contributed by atoms with Crippen LogP contribution in [0.5, 0.6) is 5.75 Å². The molecule has 7 heteroatoms. The smallest absolute Gasteiger partial charge is 0.220 e. The number of rotatable bonds is 8. The number of nitrogens with zero attached hydrogens (tertiary/aromatic N) is 3. The van der Waals surface area contributed by atoms with Crippen LogP contribution in [0.25, 0.3) is 0 Å². The van der Waals surface area contributed by atoms with Gasteiger partial charge in [0.1, 0.15) is 0 Å². The number of hydrogen-bond acceptors (Lipinski definition) is 6. The Bertz CT molecular complexity index is 825. The van der Waals surface area contributed by atoms with E-state index >= 15 is 0 Å². The third kappa shape index (κ3) is 6.48. The molecule has 2 aliphatic heterocycles. The molecule has 0 spiro atoms. The molecule has 2 aliphatic carbocycles. The number of fused-ring (bicyclic) bond motifs is 1. The normalized spacial score (nSPS) is 29.5. The summed E-state index contributed by atoms with van der Waals surface area (Å²) >= 11 is 0. The zero-order valence-corrected chi connectivity index (χ0v) is 21.6. The Morgan fingerprint density at radius 1 is 1.06 bits per heavy atom. The van der Waals surface area contributed by atoms with Gasteiger partial charge in [-0.25, -0.2) is 4.98 Å². The van der Waals surface area contributed by atoms with Crippen LogP contribution in [-0.2, 0) is 16.0 Å². The van der Waals surface area contributed by atoms with Crippen molar-refractivity contribution in [3.05, 3.63) is 17.8 Å². The van der Waals surface area contributed by atoms with Gasteiger partial charge in [0, 0.05) is 63.9 Å². The molecule has 0 atom stereocenters. The number of carbonyl (C=O) groups is 1. The van der Waals surface area contributed by atoms with Crippen molar-refractivity contribution in [1.29, 1.82) is 0 Å². The van der Waals surface area contributed by atoms with E-state index in [1.807, 2.05) is 6.20 Å². The lowest BCUT2D eigenvalue weighted by Gasteiger charge is -2.37. The van der Waals surface area contributed by atoms with Crippen LogP contribution in [0.2, 0.25) is 0 Å². The number of nitrogens with one attached hydrogen (secondary N) is 1. The highest BCUT2D eigenvalue weighted by atomic mass is 16.5. The minimum atomic E-state index is 0.274. The minimum absolute atomic E-state index is 0.274. The highest BCUT2D eigenvalue weighted by Crippen LogP contribution is 2.35. The van der Waals surface area contributed by atoms with Gasteiger partial charge in [-0.15, -0.1) is 0 Å². The molecule has 1 aromatic rings. The van der Waals surface area contributed by atoms with Crippen LogP contribution in [0.1, 0.15) is 69.8 Å². The van der Waals surface area contributed by atoms with Crippen LogP contribution in [0, 0.1) is 11.8 Å². The third-order valence-electron chi connectivity index (χ3n) is 8.92. The van der Waals surface area contributed by atoms with E-state index in [1.54, 1.807) is 7.11 Å². The van der Waals surface area contributed by atoms with Crippen molar-refractivity contribution in [2.24, 2.45) is 11.8 Å². The topological polar surface area (TPSA) is 66.9 Å². The molecule has 0 unspecified atom stereocenters. The summed E-state index contributed by atoms with van der Waals surface area (Å²) in [6.07, 6.45) is 14.6. The van der Waals surface area contributed by atoms with Gasteiger partial charge >= 0.3 is 0 Å². The van der Waals surface area contributed by atoms with Gasteiger partial charge in [-0.2, -0.15) is 0 Å². The Labute approximate surface area is 210 Å². The number of ether oxygens (including phenoxy) is 2. The zero-order chi connectivity index (χ0) is 24.0. The van der Waals surface area contributed by atoms with Crippen LogP contribution in [0.3, 0.4) is 0 Å². The average molecular weight is 485 g/mol. The first-order valence-corrected chi connectivity index (χ1v) is 14.1. The first-order valence-electron chi connectivity index (χ1n) is 14.1. The molecular weight excluding hydrogens is 440 g/mol. The van der Waals surface area contributed by atoms with Gasteiger partial charge in [0.25, 0.3) is 0 Å². The Morgan fingerprint density at radius 2 is 1.80 bits per heavy atom. The van der Waals surface area contributed by atoms with Gasteiger partial charge < -0.3 is 19.7 Å². The molecule has 194 valence electrons. The summed E-state index contributed by atoms with van der Waals surface area (Å²) in [7, 11) is 1.80. The van der Waals surface area contributed by atoms with Crippen molar-refractivity contribution in [2.45, 2.75) is 82.8 Å². The van der Waals surface area contributed by atoms with Crippen molar-refractivity contribution in [1.82, 2.24) is 15.2 Å². The molecule has 5 rings (SSSR count). The lowest BCUT2D eigenvalue weighted by atomic mass is 9.83. The SMILES string of the molecule is CO[C@H]1CC[C@H](CC(=O)N[C@H]2CC[C@H](CCN3CCN(c4nccc5c4OCC5)CC3)CC2)CC1. The summed E-state index contributed by atoms with van der Waals surface area (Å²) in [6.45, 7) is 6.23.